The van der Waals surface area contributed by atoms with Crippen LogP contribution in [0.25, 0.3) is 0 Å². The second-order valence-corrected chi connectivity index (χ2v) is 4.60. The number of hydrogen-bond acceptors (Lipinski definition) is 4. The lowest BCUT2D eigenvalue weighted by Gasteiger charge is -2.17. The Balaban J connectivity index is 1.91. The molecule has 0 aromatic heterocycles. The molecular weight excluding hydrogens is 256 g/mol. The van der Waals surface area contributed by atoms with Crippen LogP contribution in [0.5, 0.6) is 0 Å². The van der Waals surface area contributed by atoms with E-state index >= 15 is 0 Å². The lowest BCUT2D eigenvalue weighted by Crippen LogP contribution is -2.35. The van der Waals surface area contributed by atoms with Crippen LogP contribution in [-0.2, 0) is 15.9 Å². The first kappa shape index (κ1) is 14.8. The highest BCUT2D eigenvalue weighted by molar-refractivity contribution is 5.95. The number of carbonyl (C=O) groups is 1. The molecule has 110 valence electrons. The molecule has 1 aliphatic rings. The third-order valence-corrected chi connectivity index (χ3v) is 3.22. The van der Waals surface area contributed by atoms with Crippen molar-refractivity contribution in [2.45, 2.75) is 26.6 Å². The van der Waals surface area contributed by atoms with Crippen molar-refractivity contribution in [2.75, 3.05) is 31.6 Å². The normalized spacial score (nSPS) is 13.2. The molecule has 0 unspecified atom stereocenters. The molecule has 0 radical (unpaired) electrons. The van der Waals surface area contributed by atoms with Gasteiger partial charge in [0.2, 0.25) is 0 Å². The van der Waals surface area contributed by atoms with Gasteiger partial charge in [0, 0.05) is 31.0 Å². The number of ether oxygens (including phenoxy) is 2. The minimum atomic E-state index is -0.387. The van der Waals surface area contributed by atoms with E-state index < -0.39 is 0 Å². The van der Waals surface area contributed by atoms with Gasteiger partial charge in [-0.3, -0.25) is 4.79 Å². The van der Waals surface area contributed by atoms with Crippen molar-refractivity contribution in [3.05, 3.63) is 29.3 Å². The first-order chi connectivity index (χ1) is 9.74. The van der Waals surface area contributed by atoms with Gasteiger partial charge in [0.1, 0.15) is 0 Å². The zero-order valence-electron chi connectivity index (χ0n) is 12.1. The molecule has 2 N–H and O–H groups in total. The maximum absolute atomic E-state index is 12.1. The summed E-state index contributed by atoms with van der Waals surface area (Å²) in [5, 5.41) is 6.11. The molecule has 0 bridgehead atoms. The maximum Gasteiger partial charge on any atom is 0.251 e. The predicted molar refractivity (Wildman–Crippen MR) is 78.0 cm³/mol. The third-order valence-electron chi connectivity index (χ3n) is 3.22. The van der Waals surface area contributed by atoms with Gasteiger partial charge in [-0.05, 0) is 38.0 Å². The van der Waals surface area contributed by atoms with Crippen molar-refractivity contribution in [1.29, 1.82) is 0 Å². The summed E-state index contributed by atoms with van der Waals surface area (Å²) in [5.74, 6) is -0.106. The van der Waals surface area contributed by atoms with Gasteiger partial charge in [0.15, 0.2) is 6.29 Å². The SMILES string of the molecule is CCOC(CNC(=O)c1ccc2c(c1)NCC2)OCC. The Bertz CT molecular complexity index is 456. The Morgan fingerprint density at radius 1 is 1.35 bits per heavy atom. The number of amides is 1. The lowest BCUT2D eigenvalue weighted by atomic mass is 10.1. The van der Waals surface area contributed by atoms with Gasteiger partial charge in [-0.2, -0.15) is 0 Å². The van der Waals surface area contributed by atoms with E-state index in [9.17, 15) is 4.79 Å². The number of carbonyl (C=O) groups excluding carboxylic acids is 1. The molecule has 0 atom stereocenters. The van der Waals surface area contributed by atoms with Crippen LogP contribution in [0.3, 0.4) is 0 Å². The first-order valence-corrected chi connectivity index (χ1v) is 7.12. The van der Waals surface area contributed by atoms with Gasteiger partial charge >= 0.3 is 0 Å². The summed E-state index contributed by atoms with van der Waals surface area (Å²) >= 11 is 0. The molecule has 2 rings (SSSR count). The number of rotatable bonds is 7. The molecule has 1 heterocycles. The minimum Gasteiger partial charge on any atom is -0.384 e. The monoisotopic (exact) mass is 278 g/mol. The van der Waals surface area contributed by atoms with Crippen molar-refractivity contribution >= 4 is 11.6 Å². The van der Waals surface area contributed by atoms with E-state index in [1.807, 2.05) is 32.0 Å². The fourth-order valence-electron chi connectivity index (χ4n) is 2.25. The standard InChI is InChI=1S/C15H22N2O3/c1-3-19-14(20-4-2)10-17-15(18)12-6-5-11-7-8-16-13(11)9-12/h5-6,9,14,16H,3-4,7-8,10H2,1-2H3,(H,17,18). The number of benzene rings is 1. The van der Waals surface area contributed by atoms with Crippen molar-refractivity contribution in [3.63, 3.8) is 0 Å². The molecule has 1 amide bonds. The summed E-state index contributed by atoms with van der Waals surface area (Å²) in [5.41, 5.74) is 2.98. The molecule has 0 aliphatic carbocycles. The third kappa shape index (κ3) is 3.71. The van der Waals surface area contributed by atoms with E-state index in [0.717, 1.165) is 18.7 Å². The Morgan fingerprint density at radius 3 is 2.80 bits per heavy atom. The second kappa shape index (κ2) is 7.26. The van der Waals surface area contributed by atoms with Crippen LogP contribution in [0, 0.1) is 0 Å². The molecule has 0 spiro atoms. The quantitative estimate of drug-likeness (QED) is 0.746. The van der Waals surface area contributed by atoms with E-state index in [0.29, 0.717) is 25.3 Å². The predicted octanol–water partition coefficient (Wildman–Crippen LogP) is 1.78. The molecular formula is C15H22N2O3. The Hall–Kier alpha value is -1.59. The molecule has 5 heteroatoms. The van der Waals surface area contributed by atoms with Crippen molar-refractivity contribution in [2.24, 2.45) is 0 Å². The van der Waals surface area contributed by atoms with E-state index in [4.69, 9.17) is 9.47 Å². The van der Waals surface area contributed by atoms with Crippen LogP contribution in [0.2, 0.25) is 0 Å². The largest absolute Gasteiger partial charge is 0.384 e. The van der Waals surface area contributed by atoms with Crippen LogP contribution >= 0.6 is 0 Å². The second-order valence-electron chi connectivity index (χ2n) is 4.60. The highest BCUT2D eigenvalue weighted by Crippen LogP contribution is 2.23. The van der Waals surface area contributed by atoms with Crippen molar-refractivity contribution < 1.29 is 14.3 Å². The minimum absolute atomic E-state index is 0.106. The van der Waals surface area contributed by atoms with Gasteiger partial charge < -0.3 is 20.1 Å². The number of hydrogen-bond donors (Lipinski definition) is 2. The molecule has 0 fully saturated rings. The molecule has 1 aromatic carbocycles. The lowest BCUT2D eigenvalue weighted by molar-refractivity contribution is -0.131. The molecule has 20 heavy (non-hydrogen) atoms. The van der Waals surface area contributed by atoms with E-state index in [-0.39, 0.29) is 12.2 Å². The summed E-state index contributed by atoms with van der Waals surface area (Å²) < 4.78 is 10.8. The topological polar surface area (TPSA) is 59.6 Å². The molecule has 0 saturated heterocycles. The van der Waals surface area contributed by atoms with Crippen LogP contribution in [0.1, 0.15) is 29.8 Å². The van der Waals surface area contributed by atoms with Gasteiger partial charge in [-0.15, -0.1) is 0 Å². The van der Waals surface area contributed by atoms with Gasteiger partial charge in [0.05, 0.1) is 6.54 Å². The number of nitrogens with one attached hydrogen (secondary N) is 2. The molecule has 1 aromatic rings. The average molecular weight is 278 g/mol. The zero-order chi connectivity index (χ0) is 14.4. The summed E-state index contributed by atoms with van der Waals surface area (Å²) in [6, 6.07) is 5.76. The van der Waals surface area contributed by atoms with Crippen molar-refractivity contribution in [1.82, 2.24) is 5.32 Å². The summed E-state index contributed by atoms with van der Waals surface area (Å²) in [6.07, 6.45) is 0.634. The van der Waals surface area contributed by atoms with Gasteiger partial charge in [-0.25, -0.2) is 0 Å². The zero-order valence-corrected chi connectivity index (χ0v) is 12.1. The van der Waals surface area contributed by atoms with Crippen LogP contribution < -0.4 is 10.6 Å². The molecule has 0 saturated carbocycles. The fourth-order valence-corrected chi connectivity index (χ4v) is 2.25. The Morgan fingerprint density at radius 2 is 2.10 bits per heavy atom. The summed E-state index contributed by atoms with van der Waals surface area (Å²) in [7, 11) is 0. The summed E-state index contributed by atoms with van der Waals surface area (Å²) in [4.78, 5) is 12.1. The van der Waals surface area contributed by atoms with Crippen LogP contribution in [0.4, 0.5) is 5.69 Å². The molecule has 5 nitrogen and oxygen atoms in total. The number of anilines is 1. The summed E-state index contributed by atoms with van der Waals surface area (Å²) in [6.45, 7) is 6.22. The smallest absolute Gasteiger partial charge is 0.251 e. The average Bonchev–Trinajstić information content (AvgIpc) is 2.92. The van der Waals surface area contributed by atoms with E-state index in [1.165, 1.54) is 5.56 Å². The number of fused-ring (bicyclic) bond motifs is 1. The van der Waals surface area contributed by atoms with Gasteiger partial charge in [0.25, 0.3) is 5.91 Å². The Kier molecular flexibility index (Phi) is 5.38. The van der Waals surface area contributed by atoms with E-state index in [2.05, 4.69) is 10.6 Å². The maximum atomic E-state index is 12.1. The van der Waals surface area contributed by atoms with E-state index in [1.54, 1.807) is 0 Å². The highest BCUT2D eigenvalue weighted by Gasteiger charge is 2.15. The molecule has 1 aliphatic heterocycles. The van der Waals surface area contributed by atoms with Crippen molar-refractivity contribution in [3.8, 4) is 0 Å². The fraction of sp³-hybridized carbons (Fsp3) is 0.533. The highest BCUT2D eigenvalue weighted by atomic mass is 16.7. The van der Waals surface area contributed by atoms with Crippen LogP contribution in [0.15, 0.2) is 18.2 Å². The van der Waals surface area contributed by atoms with Gasteiger partial charge in [-0.1, -0.05) is 6.07 Å². The first-order valence-electron chi connectivity index (χ1n) is 7.12. The van der Waals surface area contributed by atoms with Crippen LogP contribution in [-0.4, -0.2) is 38.5 Å². The Labute approximate surface area is 119 Å².